The largest absolute Gasteiger partial charge is 0.377 e. The normalized spacial score (nSPS) is 15.4. The number of Topliss-reactive ketones (excluding diaryl/α,β-unsaturated/α-hetero) is 2. The van der Waals surface area contributed by atoms with E-state index in [2.05, 4.69) is 0 Å². The van der Waals surface area contributed by atoms with Gasteiger partial charge in [-0.2, -0.15) is 26.3 Å². The van der Waals surface area contributed by atoms with Gasteiger partial charge < -0.3 is 0 Å². The zero-order valence-corrected chi connectivity index (χ0v) is 9.25. The number of carbonyl (C=O) groups is 2. The van der Waals surface area contributed by atoms with Crippen LogP contribution in [-0.2, 0) is 9.59 Å². The highest BCUT2D eigenvalue weighted by Gasteiger charge is 2.68. The van der Waals surface area contributed by atoms with Crippen LogP contribution in [-0.4, -0.2) is 35.5 Å². The minimum absolute atomic E-state index is 0.200. The fourth-order valence-electron chi connectivity index (χ4n) is 0.946. The predicted molar refractivity (Wildman–Crippen MR) is 45.7 cm³/mol. The van der Waals surface area contributed by atoms with E-state index in [1.807, 2.05) is 0 Å². The van der Waals surface area contributed by atoms with Gasteiger partial charge in [-0.15, -0.1) is 0 Å². The minimum atomic E-state index is -5.82. The Hall–Kier alpha value is -1.15. The summed E-state index contributed by atoms with van der Waals surface area (Å²) in [6.07, 6.45) is -4.51. The molecule has 0 aliphatic carbocycles. The summed E-state index contributed by atoms with van der Waals surface area (Å²) in [6, 6.07) is 0. The summed E-state index contributed by atoms with van der Waals surface area (Å²) in [7, 11) is 0. The van der Waals surface area contributed by atoms with Crippen LogP contribution in [0.15, 0.2) is 0 Å². The van der Waals surface area contributed by atoms with Crippen LogP contribution in [0, 0.1) is 0 Å². The molecule has 0 aliphatic heterocycles. The molecule has 0 rings (SSSR count). The number of hydrogen-bond acceptors (Lipinski definition) is 2. The molecule has 0 aromatic rings. The molecule has 0 aliphatic rings. The van der Waals surface area contributed by atoms with Crippen LogP contribution in [0.1, 0.15) is 20.3 Å². The molecule has 1 unspecified atom stereocenters. The smallest absolute Gasteiger partial charge is 0.284 e. The molecule has 2 nitrogen and oxygen atoms in total. The van der Waals surface area contributed by atoms with Crippen LogP contribution in [0.3, 0.4) is 0 Å². The van der Waals surface area contributed by atoms with E-state index in [0.717, 1.165) is 6.92 Å². The molecule has 1 atom stereocenters. The van der Waals surface area contributed by atoms with Gasteiger partial charge in [-0.05, 0) is 6.42 Å². The lowest BCUT2D eigenvalue weighted by molar-refractivity contribution is -0.232. The number of halogens is 7. The molecule has 0 radical (unpaired) electrons. The highest BCUT2D eigenvalue weighted by molar-refractivity contribution is 6.42. The third-order valence-electron chi connectivity index (χ3n) is 2.06. The quantitative estimate of drug-likeness (QED) is 0.554. The van der Waals surface area contributed by atoms with E-state index in [-0.39, 0.29) is 6.92 Å². The van der Waals surface area contributed by atoms with Crippen molar-refractivity contribution in [1.82, 2.24) is 0 Å². The topological polar surface area (TPSA) is 34.1 Å². The molecule has 0 saturated heterocycles. The van der Waals surface area contributed by atoms with Crippen LogP contribution in [0.4, 0.5) is 30.7 Å². The second-order valence-electron chi connectivity index (χ2n) is 3.62. The van der Waals surface area contributed by atoms with E-state index in [0.29, 0.717) is 0 Å². The molecule has 0 bridgehead atoms. The Morgan fingerprint density at radius 3 is 1.67 bits per heavy atom. The summed E-state index contributed by atoms with van der Waals surface area (Å²) in [6.45, 7) is 0.587. The number of hydrogen-bond donors (Lipinski definition) is 0. The molecule has 0 spiro atoms. The first-order valence-electron chi connectivity index (χ1n) is 4.66. The Balaban J connectivity index is 5.40. The summed E-state index contributed by atoms with van der Waals surface area (Å²) in [5.74, 6) is -22.2. The van der Waals surface area contributed by atoms with Crippen molar-refractivity contribution < 1.29 is 40.3 Å². The van der Waals surface area contributed by atoms with Gasteiger partial charge in [0.05, 0.1) is 0 Å². The summed E-state index contributed by atoms with van der Waals surface area (Å²) in [4.78, 5) is 21.2. The van der Waals surface area contributed by atoms with E-state index >= 15 is 0 Å². The monoisotopic (exact) mass is 282 g/mol. The van der Waals surface area contributed by atoms with Gasteiger partial charge in [-0.25, -0.2) is 4.39 Å². The lowest BCUT2D eigenvalue weighted by atomic mass is 9.97. The van der Waals surface area contributed by atoms with E-state index in [4.69, 9.17) is 0 Å². The molecule has 0 fully saturated rings. The Morgan fingerprint density at radius 2 is 1.39 bits per heavy atom. The zero-order chi connectivity index (χ0) is 14.9. The number of carbonyl (C=O) groups excluding carboxylic acids is 2. The maximum Gasteiger partial charge on any atom is 0.377 e. The molecule has 9 heteroatoms. The van der Waals surface area contributed by atoms with E-state index in [1.165, 1.54) is 0 Å². The Labute approximate surface area is 97.1 Å². The van der Waals surface area contributed by atoms with Gasteiger partial charge in [0.2, 0.25) is 0 Å². The van der Waals surface area contributed by atoms with Gasteiger partial charge in [-0.1, -0.05) is 6.92 Å². The van der Waals surface area contributed by atoms with Crippen LogP contribution >= 0.6 is 0 Å². The molecule has 0 N–H and O–H groups in total. The van der Waals surface area contributed by atoms with Gasteiger partial charge >= 0.3 is 17.8 Å². The highest BCUT2D eigenvalue weighted by Crippen LogP contribution is 2.41. The highest BCUT2D eigenvalue weighted by atomic mass is 19.3. The van der Waals surface area contributed by atoms with Crippen molar-refractivity contribution in [3.05, 3.63) is 0 Å². The van der Waals surface area contributed by atoms with E-state index < -0.39 is 41.9 Å². The number of ketones is 2. The van der Waals surface area contributed by atoms with Gasteiger partial charge in [0.25, 0.3) is 11.6 Å². The molecular formula is C9H9F7O2. The zero-order valence-electron chi connectivity index (χ0n) is 9.25. The van der Waals surface area contributed by atoms with Crippen molar-refractivity contribution in [3.63, 3.8) is 0 Å². The maximum atomic E-state index is 12.9. The molecule has 0 saturated carbocycles. The first-order chi connectivity index (χ1) is 7.80. The van der Waals surface area contributed by atoms with E-state index in [1.54, 1.807) is 0 Å². The average Bonchev–Trinajstić information content (AvgIpc) is 2.23. The number of rotatable bonds is 6. The molecule has 0 heterocycles. The van der Waals surface area contributed by atoms with Crippen molar-refractivity contribution >= 4 is 11.6 Å². The molecule has 18 heavy (non-hydrogen) atoms. The summed E-state index contributed by atoms with van der Waals surface area (Å²) >= 11 is 0. The van der Waals surface area contributed by atoms with Crippen molar-refractivity contribution in [2.75, 3.05) is 0 Å². The maximum absolute atomic E-state index is 12.9. The molecule has 0 amide bonds. The van der Waals surface area contributed by atoms with Crippen molar-refractivity contribution in [1.29, 1.82) is 0 Å². The van der Waals surface area contributed by atoms with Gasteiger partial charge in [0, 0.05) is 6.92 Å². The van der Waals surface area contributed by atoms with Crippen molar-refractivity contribution in [2.45, 2.75) is 44.2 Å². The Morgan fingerprint density at radius 1 is 1.00 bits per heavy atom. The fraction of sp³-hybridized carbons (Fsp3) is 0.778. The Bertz CT molecular complexity index is 345. The molecule has 106 valence electrons. The van der Waals surface area contributed by atoms with Gasteiger partial charge in [0.15, 0.2) is 6.17 Å². The summed E-state index contributed by atoms with van der Waals surface area (Å²) < 4.78 is 88.8. The van der Waals surface area contributed by atoms with Gasteiger partial charge in [-0.3, -0.25) is 9.59 Å². The van der Waals surface area contributed by atoms with E-state index in [9.17, 15) is 40.3 Å². The average molecular weight is 282 g/mol. The SMILES string of the molecule is CCC(F)C(F)(F)C(F)(F)C(=O)C(=O)C(C)(F)F. The second kappa shape index (κ2) is 4.85. The van der Waals surface area contributed by atoms with Crippen molar-refractivity contribution in [3.8, 4) is 0 Å². The minimum Gasteiger partial charge on any atom is -0.284 e. The third kappa shape index (κ3) is 2.81. The number of alkyl halides is 7. The first kappa shape index (κ1) is 16.9. The molecule has 0 aromatic carbocycles. The van der Waals surface area contributed by atoms with Crippen molar-refractivity contribution in [2.24, 2.45) is 0 Å². The van der Waals surface area contributed by atoms with Crippen LogP contribution in [0.5, 0.6) is 0 Å². The predicted octanol–water partition coefficient (Wildman–Crippen LogP) is 2.80. The molecule has 0 aromatic heterocycles. The van der Waals surface area contributed by atoms with Crippen LogP contribution in [0.25, 0.3) is 0 Å². The van der Waals surface area contributed by atoms with Gasteiger partial charge in [0.1, 0.15) is 0 Å². The fourth-order valence-corrected chi connectivity index (χ4v) is 0.946. The Kier molecular flexibility index (Phi) is 4.54. The lowest BCUT2D eigenvalue weighted by Crippen LogP contribution is -2.56. The first-order valence-corrected chi connectivity index (χ1v) is 4.66. The standard InChI is InChI=1S/C9H9F7O2/c1-3-4(10)8(13,14)9(15,16)6(18)5(17)7(2,11)12/h4H,3H2,1-2H3. The van der Waals surface area contributed by atoms with Crippen LogP contribution < -0.4 is 0 Å². The lowest BCUT2D eigenvalue weighted by Gasteiger charge is -2.27. The second-order valence-corrected chi connectivity index (χ2v) is 3.62. The molecular weight excluding hydrogens is 273 g/mol. The summed E-state index contributed by atoms with van der Waals surface area (Å²) in [5.41, 5.74) is 0. The summed E-state index contributed by atoms with van der Waals surface area (Å²) in [5, 5.41) is 0. The van der Waals surface area contributed by atoms with Crippen LogP contribution in [0.2, 0.25) is 0 Å². The third-order valence-corrected chi connectivity index (χ3v) is 2.06.